The average molecular weight is 991 g/mol. The molecule has 62 heavy (non-hydrogen) atoms. The van der Waals surface area contributed by atoms with Gasteiger partial charge in [-0.25, -0.2) is 4.57 Å². The molecule has 10 nitrogen and oxygen atoms in total. The lowest BCUT2D eigenvalue weighted by Crippen LogP contribution is -2.51. The molecule has 0 amide bonds. The highest BCUT2D eigenvalue weighted by molar-refractivity contribution is 8.93. The zero-order valence-corrected chi connectivity index (χ0v) is 43.8. The first-order chi connectivity index (χ1) is 28.9. The van der Waals surface area contributed by atoms with E-state index in [1.54, 1.807) is 5.30 Å². The molecule has 0 aliphatic carbocycles. The summed E-state index contributed by atoms with van der Waals surface area (Å²) in [4.78, 5) is 26.0. The van der Waals surface area contributed by atoms with Crippen LogP contribution in [0, 0.1) is 0 Å². The second-order valence-electron chi connectivity index (χ2n) is 16.1. The van der Waals surface area contributed by atoms with Crippen LogP contribution in [0.3, 0.4) is 0 Å². The van der Waals surface area contributed by atoms with Crippen molar-refractivity contribution in [1.29, 1.82) is 0 Å². The van der Waals surface area contributed by atoms with Crippen LogP contribution in [0.15, 0.2) is 103 Å². The van der Waals surface area contributed by atoms with Crippen molar-refractivity contribution in [3.63, 3.8) is 0 Å². The maximum Gasteiger partial charge on any atom is 0.466 e. The minimum atomic E-state index is -4.64. The Balaban J connectivity index is 0. The Kier molecular flexibility index (Phi) is 36.1. The lowest BCUT2D eigenvalue weighted by molar-refractivity contribution is 0.259. The Morgan fingerprint density at radius 1 is 0.613 bits per heavy atom. The number of unbranched alkanes of at least 4 members (excludes halogenated alkanes) is 6. The van der Waals surface area contributed by atoms with Crippen LogP contribution in [0.2, 0.25) is 0 Å². The van der Waals surface area contributed by atoms with E-state index in [1.807, 2.05) is 0 Å². The molecule has 4 rings (SSSR count). The normalized spacial score (nSPS) is 12.3. The Morgan fingerprint density at radius 3 is 1.27 bits per heavy atom. The molecule has 0 unspecified atom stereocenters. The molecular weight excluding hydrogens is 904 g/mol. The Morgan fingerprint density at radius 2 is 0.952 bits per heavy atom. The number of halogens is 1. The minimum absolute atomic E-state index is 0. The van der Waals surface area contributed by atoms with Gasteiger partial charge in [0.05, 0.1) is 56.3 Å². The SMILES string of the molecule is Br.CCCC[N+](CCCC)(CCCC)c1ccccc1.CCCC[P+](CCCC)(CCCC)c1ccccc1.CN1C=CN(Cc2ccccc2)C1.CS(=O)(=O)O.O=P(O)(O)O. The molecule has 4 N–H and O–H groups in total. The van der Waals surface area contributed by atoms with Crippen molar-refractivity contribution in [2.75, 3.05) is 58.1 Å². The summed E-state index contributed by atoms with van der Waals surface area (Å²) in [5.74, 6) is 0. The topological polar surface area (TPSA) is 139 Å². The third-order valence-corrected chi connectivity index (χ3v) is 15.3. The third-order valence-electron chi connectivity index (χ3n) is 10.4. The molecule has 1 aliphatic rings. The van der Waals surface area contributed by atoms with Crippen molar-refractivity contribution in [2.24, 2.45) is 0 Å². The second-order valence-corrected chi connectivity index (χ2v) is 22.7. The van der Waals surface area contributed by atoms with Crippen molar-refractivity contribution in [3.8, 4) is 0 Å². The number of benzene rings is 3. The summed E-state index contributed by atoms with van der Waals surface area (Å²) in [5, 5.41) is 1.70. The van der Waals surface area contributed by atoms with Crippen LogP contribution < -0.4 is 9.79 Å². The fourth-order valence-electron chi connectivity index (χ4n) is 7.21. The fraction of sp³-hybridized carbons (Fsp3) is 0.583. The summed E-state index contributed by atoms with van der Waals surface area (Å²) in [6.45, 7) is 19.8. The number of hydrogen-bond donors (Lipinski definition) is 4. The van der Waals surface area contributed by atoms with Gasteiger partial charge >= 0.3 is 7.82 Å². The van der Waals surface area contributed by atoms with Gasteiger partial charge in [0.1, 0.15) is 5.69 Å². The van der Waals surface area contributed by atoms with Crippen molar-refractivity contribution in [2.45, 2.75) is 125 Å². The molecule has 0 saturated carbocycles. The van der Waals surface area contributed by atoms with Gasteiger partial charge in [0.15, 0.2) is 0 Å². The van der Waals surface area contributed by atoms with Gasteiger partial charge in [-0.05, 0) is 68.4 Å². The second kappa shape index (κ2) is 36.1. The number of rotatable bonds is 22. The van der Waals surface area contributed by atoms with Crippen molar-refractivity contribution >= 4 is 53.2 Å². The van der Waals surface area contributed by atoms with Gasteiger partial charge in [-0.3, -0.25) is 9.04 Å². The van der Waals surface area contributed by atoms with Gasteiger partial charge in [0.2, 0.25) is 0 Å². The molecule has 3 aromatic rings. The van der Waals surface area contributed by atoms with Gasteiger partial charge in [-0.1, -0.05) is 147 Å². The van der Waals surface area contributed by atoms with Crippen LogP contribution in [-0.2, 0) is 21.2 Å². The molecule has 1 heterocycles. The summed E-state index contributed by atoms with van der Waals surface area (Å²) in [6, 6.07) is 33.2. The van der Waals surface area contributed by atoms with E-state index in [9.17, 15) is 8.42 Å². The van der Waals surface area contributed by atoms with Crippen molar-refractivity contribution < 1.29 is 32.2 Å². The number of para-hydroxylation sites is 1. The number of quaternary nitrogens is 1. The summed E-state index contributed by atoms with van der Waals surface area (Å²) >= 11 is 0. The zero-order chi connectivity index (χ0) is 46.0. The standard InChI is InChI=1S/C18H32N.C18H32P.C11H14N2.CH4O3S.BrH.H3O4P/c2*1-4-7-15-19(16-8-5-2,17-9-6-3)18-13-11-10-12-14-18;1-12-7-8-13(10-12)9-11-5-3-2-4-6-11;1-5(2,3)4;;1-5(2,3)4/h2*10-14H,4-9,15-17H2,1-3H3;2-8H,9-10H2,1H3;1H3,(H,2,3,4);1H;(H3,1,2,3,4)/q2*+1;;;;. The highest BCUT2D eigenvalue weighted by atomic mass is 79.9. The smallest absolute Gasteiger partial charge is 0.362 e. The molecule has 14 heteroatoms. The van der Waals surface area contributed by atoms with E-state index in [1.165, 1.54) is 131 Å². The van der Waals surface area contributed by atoms with Crippen LogP contribution in [0.1, 0.15) is 124 Å². The summed E-state index contributed by atoms with van der Waals surface area (Å²) < 4.78 is 36.0. The van der Waals surface area contributed by atoms with E-state index in [2.05, 4.69) is 162 Å². The molecule has 0 radical (unpaired) electrons. The van der Waals surface area contributed by atoms with Gasteiger partial charge in [0.25, 0.3) is 10.1 Å². The largest absolute Gasteiger partial charge is 0.466 e. The van der Waals surface area contributed by atoms with E-state index < -0.39 is 25.2 Å². The third kappa shape index (κ3) is 31.7. The molecule has 0 atom stereocenters. The maximum absolute atomic E-state index is 9.19. The maximum atomic E-state index is 9.19. The molecule has 0 bridgehead atoms. The fourth-order valence-corrected chi connectivity index (χ4v) is 12.2. The summed E-state index contributed by atoms with van der Waals surface area (Å²) in [7, 11) is -7.12. The van der Waals surface area contributed by atoms with Gasteiger partial charge in [-0.2, -0.15) is 8.42 Å². The van der Waals surface area contributed by atoms with Crippen LogP contribution >= 0.6 is 32.1 Å². The van der Waals surface area contributed by atoms with E-state index in [4.69, 9.17) is 23.8 Å². The first-order valence-corrected chi connectivity index (χ1v) is 28.4. The van der Waals surface area contributed by atoms with Crippen molar-refractivity contribution in [1.82, 2.24) is 14.3 Å². The van der Waals surface area contributed by atoms with Gasteiger partial charge < -0.3 is 24.5 Å². The Hall–Kier alpha value is -2.11. The highest BCUT2D eigenvalue weighted by Gasteiger charge is 2.37. The summed E-state index contributed by atoms with van der Waals surface area (Å²) in [6.07, 6.45) is 25.5. The molecule has 1 aliphatic heterocycles. The zero-order valence-electron chi connectivity index (χ0n) is 39.5. The van der Waals surface area contributed by atoms with Gasteiger partial charge in [-0.15, -0.1) is 17.0 Å². The first-order valence-electron chi connectivity index (χ1n) is 22.6. The number of nitrogens with zero attached hydrogens (tertiary/aromatic N) is 3. The Labute approximate surface area is 389 Å². The highest BCUT2D eigenvalue weighted by Crippen LogP contribution is 2.59. The van der Waals surface area contributed by atoms with Crippen molar-refractivity contribution in [3.05, 3.63) is 109 Å². The van der Waals surface area contributed by atoms with Crippen LogP contribution in [0.4, 0.5) is 5.69 Å². The van der Waals surface area contributed by atoms with Crippen LogP contribution in [-0.4, -0.2) is 95.5 Å². The number of hydrogen-bond acceptors (Lipinski definition) is 5. The van der Waals surface area contributed by atoms with E-state index >= 15 is 0 Å². The average Bonchev–Trinajstić information content (AvgIpc) is 3.64. The monoisotopic (exact) mass is 989 g/mol. The van der Waals surface area contributed by atoms with E-state index in [-0.39, 0.29) is 17.0 Å². The van der Waals surface area contributed by atoms with Crippen LogP contribution in [0.25, 0.3) is 0 Å². The molecule has 0 spiro atoms. The summed E-state index contributed by atoms with van der Waals surface area (Å²) in [5.41, 5.74) is 2.89. The van der Waals surface area contributed by atoms with E-state index in [0.717, 1.165) is 13.2 Å². The quantitative estimate of drug-likeness (QED) is 0.0440. The molecule has 3 aromatic carbocycles. The molecular formula is C48H86BrN3O7P2S+2. The minimum Gasteiger partial charge on any atom is -0.362 e. The molecule has 356 valence electrons. The van der Waals surface area contributed by atoms with Gasteiger partial charge in [0, 0.05) is 33.3 Å². The van der Waals surface area contributed by atoms with E-state index in [0.29, 0.717) is 6.26 Å². The first kappa shape index (κ1) is 62.0. The predicted molar refractivity (Wildman–Crippen MR) is 276 cm³/mol. The lowest BCUT2D eigenvalue weighted by atomic mass is 10.1. The molecule has 0 aromatic heterocycles. The lowest BCUT2D eigenvalue weighted by Gasteiger charge is -2.38. The Bertz CT molecular complexity index is 1540. The number of phosphoric acid groups is 1. The molecule has 0 saturated heterocycles. The van der Waals surface area contributed by atoms with Crippen LogP contribution in [0.5, 0.6) is 0 Å². The molecule has 0 fully saturated rings. The predicted octanol–water partition coefficient (Wildman–Crippen LogP) is 12.1.